The topological polar surface area (TPSA) is 105 Å². The van der Waals surface area contributed by atoms with E-state index in [4.69, 9.17) is 16.3 Å². The van der Waals surface area contributed by atoms with Gasteiger partial charge in [0.05, 0.1) is 42.2 Å². The Labute approximate surface area is 198 Å². The monoisotopic (exact) mass is 491 g/mol. The van der Waals surface area contributed by atoms with Gasteiger partial charge in [0.1, 0.15) is 5.01 Å². The summed E-state index contributed by atoms with van der Waals surface area (Å²) in [5.41, 5.74) is 2.39. The fourth-order valence-electron chi connectivity index (χ4n) is 4.28. The third-order valence-electron chi connectivity index (χ3n) is 6.15. The van der Waals surface area contributed by atoms with Gasteiger partial charge in [-0.25, -0.2) is 9.97 Å². The van der Waals surface area contributed by atoms with Crippen molar-refractivity contribution in [1.82, 2.24) is 9.97 Å². The molecule has 1 spiro atoms. The van der Waals surface area contributed by atoms with Gasteiger partial charge in [-0.2, -0.15) is 0 Å². The van der Waals surface area contributed by atoms with Crippen LogP contribution in [0.2, 0.25) is 5.02 Å². The molecule has 2 aromatic heterocycles. The van der Waals surface area contributed by atoms with Crippen LogP contribution in [0.3, 0.4) is 0 Å². The van der Waals surface area contributed by atoms with Gasteiger partial charge in [-0.05, 0) is 37.0 Å². The van der Waals surface area contributed by atoms with E-state index in [2.05, 4.69) is 15.3 Å². The minimum absolute atomic E-state index is 0.0115. The van der Waals surface area contributed by atoms with Crippen LogP contribution in [0.5, 0.6) is 0 Å². The number of hydrogen-bond acceptors (Lipinski definition) is 8. The number of aliphatic hydroxyl groups is 2. The molecule has 7 nitrogen and oxygen atoms in total. The summed E-state index contributed by atoms with van der Waals surface area (Å²) in [6.45, 7) is 0.156. The molecule has 0 bridgehead atoms. The average molecular weight is 492 g/mol. The summed E-state index contributed by atoms with van der Waals surface area (Å²) in [7, 11) is 0. The molecule has 10 heteroatoms. The summed E-state index contributed by atoms with van der Waals surface area (Å²) >= 11 is 8.55. The first-order chi connectivity index (χ1) is 15.5. The van der Waals surface area contributed by atoms with E-state index in [1.807, 2.05) is 29.6 Å². The van der Waals surface area contributed by atoms with Crippen molar-refractivity contribution in [2.24, 2.45) is 11.3 Å². The number of amides is 1. The number of aliphatic hydroxyl groups excluding tert-OH is 2. The first kappa shape index (κ1) is 21.9. The zero-order chi connectivity index (χ0) is 22.3. The number of anilines is 1. The molecule has 0 aliphatic heterocycles. The SMILES string of the molecule is O=C(Nc1nc(-c2sc(CO)nc2CO)cs1)C1CC2(C1)CC2OCc1ccc(Cl)cc1. The minimum atomic E-state index is -0.226. The molecule has 2 saturated carbocycles. The highest BCUT2D eigenvalue weighted by Crippen LogP contribution is 2.65. The van der Waals surface area contributed by atoms with E-state index in [0.717, 1.165) is 29.7 Å². The number of rotatable bonds is 8. The first-order valence-corrected chi connectivity index (χ1v) is 12.4. The Morgan fingerprint density at radius 1 is 1.19 bits per heavy atom. The molecule has 1 atom stereocenters. The third-order valence-corrected chi connectivity index (χ3v) is 8.26. The molecule has 2 aliphatic rings. The summed E-state index contributed by atoms with van der Waals surface area (Å²) in [6.07, 6.45) is 2.91. The van der Waals surface area contributed by atoms with Crippen LogP contribution in [-0.2, 0) is 29.4 Å². The zero-order valence-corrected chi connectivity index (χ0v) is 19.5. The predicted octanol–water partition coefficient (Wildman–Crippen LogP) is 4.23. The van der Waals surface area contributed by atoms with Gasteiger partial charge in [0.25, 0.3) is 0 Å². The van der Waals surface area contributed by atoms with Gasteiger partial charge < -0.3 is 20.3 Å². The highest BCUT2D eigenvalue weighted by molar-refractivity contribution is 7.17. The second-order valence-electron chi connectivity index (χ2n) is 8.32. The zero-order valence-electron chi connectivity index (χ0n) is 17.1. The van der Waals surface area contributed by atoms with Gasteiger partial charge in [0.2, 0.25) is 5.91 Å². The fraction of sp³-hybridized carbons (Fsp3) is 0.409. The number of halogens is 1. The van der Waals surface area contributed by atoms with Crippen LogP contribution in [0.4, 0.5) is 5.13 Å². The number of benzene rings is 1. The Hall–Kier alpha value is -1.88. The highest BCUT2D eigenvalue weighted by atomic mass is 35.5. The number of carbonyl (C=O) groups excluding carboxylic acids is 1. The molecule has 5 rings (SSSR count). The molecule has 1 unspecified atom stereocenters. The summed E-state index contributed by atoms with van der Waals surface area (Å²) in [5, 5.41) is 25.3. The summed E-state index contributed by atoms with van der Waals surface area (Å²) in [5.74, 6) is -0.0357. The van der Waals surface area contributed by atoms with Crippen molar-refractivity contribution in [2.75, 3.05) is 5.32 Å². The van der Waals surface area contributed by atoms with E-state index in [1.54, 1.807) is 0 Å². The van der Waals surface area contributed by atoms with Crippen LogP contribution in [0, 0.1) is 11.3 Å². The van der Waals surface area contributed by atoms with Crippen molar-refractivity contribution >= 4 is 45.3 Å². The molecule has 2 fully saturated rings. The number of nitrogens with one attached hydrogen (secondary N) is 1. The van der Waals surface area contributed by atoms with E-state index in [1.165, 1.54) is 22.7 Å². The number of hydrogen-bond donors (Lipinski definition) is 3. The number of carbonyl (C=O) groups is 1. The average Bonchev–Trinajstić information content (AvgIpc) is 3.09. The Kier molecular flexibility index (Phi) is 6.04. The van der Waals surface area contributed by atoms with E-state index in [0.29, 0.717) is 33.2 Å². The van der Waals surface area contributed by atoms with Gasteiger partial charge in [-0.3, -0.25) is 4.79 Å². The van der Waals surface area contributed by atoms with E-state index in [9.17, 15) is 15.0 Å². The molecule has 1 aromatic carbocycles. The molecule has 168 valence electrons. The minimum Gasteiger partial charge on any atom is -0.390 e. The summed E-state index contributed by atoms with van der Waals surface area (Å²) < 4.78 is 6.04. The van der Waals surface area contributed by atoms with Gasteiger partial charge in [-0.15, -0.1) is 22.7 Å². The Morgan fingerprint density at radius 3 is 2.69 bits per heavy atom. The van der Waals surface area contributed by atoms with Crippen LogP contribution in [0.25, 0.3) is 10.6 Å². The third kappa shape index (κ3) is 4.33. The Morgan fingerprint density at radius 2 is 1.97 bits per heavy atom. The van der Waals surface area contributed by atoms with Crippen LogP contribution in [0.1, 0.15) is 35.5 Å². The van der Waals surface area contributed by atoms with Gasteiger partial charge >= 0.3 is 0 Å². The van der Waals surface area contributed by atoms with Gasteiger partial charge in [0.15, 0.2) is 5.13 Å². The Balaban J connectivity index is 1.12. The number of ether oxygens (including phenoxy) is 1. The predicted molar refractivity (Wildman–Crippen MR) is 124 cm³/mol. The maximum atomic E-state index is 12.7. The lowest BCUT2D eigenvalue weighted by Crippen LogP contribution is -2.37. The number of nitrogens with zero attached hydrogens (tertiary/aromatic N) is 2. The lowest BCUT2D eigenvalue weighted by Gasteiger charge is -2.35. The van der Waals surface area contributed by atoms with Crippen LogP contribution >= 0.6 is 34.3 Å². The van der Waals surface area contributed by atoms with Crippen molar-refractivity contribution in [2.45, 2.75) is 45.2 Å². The lowest BCUT2D eigenvalue weighted by atomic mass is 9.71. The molecular formula is C22H22ClN3O4S2. The molecule has 0 radical (unpaired) electrons. The van der Waals surface area contributed by atoms with E-state index < -0.39 is 0 Å². The normalized spacial score (nSPS) is 23.8. The van der Waals surface area contributed by atoms with E-state index >= 15 is 0 Å². The molecule has 3 N–H and O–H groups in total. The fourth-order valence-corrected chi connectivity index (χ4v) is 6.08. The van der Waals surface area contributed by atoms with Crippen molar-refractivity contribution in [3.8, 4) is 10.6 Å². The quantitative estimate of drug-likeness (QED) is 0.435. The second kappa shape index (κ2) is 8.81. The number of aromatic nitrogens is 2. The molecule has 2 heterocycles. The van der Waals surface area contributed by atoms with Crippen molar-refractivity contribution < 1.29 is 19.7 Å². The molecule has 2 aliphatic carbocycles. The lowest BCUT2D eigenvalue weighted by molar-refractivity contribution is -0.125. The first-order valence-electron chi connectivity index (χ1n) is 10.3. The largest absolute Gasteiger partial charge is 0.390 e. The summed E-state index contributed by atoms with van der Waals surface area (Å²) in [4.78, 5) is 22.1. The summed E-state index contributed by atoms with van der Waals surface area (Å²) in [6, 6.07) is 7.66. The molecule has 0 saturated heterocycles. The molecule has 32 heavy (non-hydrogen) atoms. The molecule has 3 aromatic rings. The molecular weight excluding hydrogens is 470 g/mol. The van der Waals surface area contributed by atoms with Crippen LogP contribution in [0.15, 0.2) is 29.6 Å². The van der Waals surface area contributed by atoms with Crippen molar-refractivity contribution in [3.05, 3.63) is 50.9 Å². The van der Waals surface area contributed by atoms with Crippen molar-refractivity contribution in [3.63, 3.8) is 0 Å². The second-order valence-corrected chi connectivity index (χ2v) is 10.7. The maximum Gasteiger partial charge on any atom is 0.229 e. The Bertz CT molecular complexity index is 1120. The van der Waals surface area contributed by atoms with E-state index in [-0.39, 0.29) is 36.6 Å². The standard InChI is InChI=1S/C22H22ClN3O4S2/c23-14-3-1-12(2-4-14)10-30-17-7-22(17)5-13(6-22)20(29)26-21-25-16(11-31-21)19-15(8-27)24-18(9-28)32-19/h1-4,11,13,17,27-28H,5-10H2,(H,25,26,29). The molecule has 1 amide bonds. The van der Waals surface area contributed by atoms with Gasteiger partial charge in [-0.1, -0.05) is 23.7 Å². The highest BCUT2D eigenvalue weighted by Gasteiger charge is 2.63. The van der Waals surface area contributed by atoms with Crippen LogP contribution < -0.4 is 5.32 Å². The number of thiazole rings is 2. The van der Waals surface area contributed by atoms with Crippen molar-refractivity contribution in [1.29, 1.82) is 0 Å². The smallest absolute Gasteiger partial charge is 0.229 e. The maximum absolute atomic E-state index is 12.7. The van der Waals surface area contributed by atoms with Crippen LogP contribution in [-0.4, -0.2) is 32.2 Å². The van der Waals surface area contributed by atoms with Gasteiger partial charge in [0, 0.05) is 21.7 Å².